The molecule has 0 aromatic rings. The van der Waals surface area contributed by atoms with E-state index in [9.17, 15) is 0 Å². The van der Waals surface area contributed by atoms with E-state index in [4.69, 9.17) is 5.73 Å². The van der Waals surface area contributed by atoms with E-state index in [-0.39, 0.29) is 0 Å². The summed E-state index contributed by atoms with van der Waals surface area (Å²) < 4.78 is 0. The van der Waals surface area contributed by atoms with E-state index in [2.05, 4.69) is 13.0 Å². The SMILES string of the molecule is CCC1=CC2CCC(CN)C(C1)C2. The largest absolute Gasteiger partial charge is 0.330 e. The molecule has 3 unspecified atom stereocenters. The van der Waals surface area contributed by atoms with Crippen molar-refractivity contribution in [2.24, 2.45) is 23.5 Å². The van der Waals surface area contributed by atoms with Crippen molar-refractivity contribution in [3.05, 3.63) is 11.6 Å². The Bertz CT molecular complexity index is 207. The molecule has 0 aromatic heterocycles. The van der Waals surface area contributed by atoms with E-state index in [0.717, 1.165) is 24.3 Å². The van der Waals surface area contributed by atoms with Gasteiger partial charge in [0.1, 0.15) is 0 Å². The average Bonchev–Trinajstić information content (AvgIpc) is 2.18. The highest BCUT2D eigenvalue weighted by molar-refractivity contribution is 5.11. The first kappa shape index (κ1) is 9.26. The molecule has 2 bridgehead atoms. The summed E-state index contributed by atoms with van der Waals surface area (Å²) in [7, 11) is 0. The van der Waals surface area contributed by atoms with Crippen molar-refractivity contribution in [2.45, 2.75) is 39.0 Å². The van der Waals surface area contributed by atoms with Crippen LogP contribution in [-0.4, -0.2) is 6.54 Å². The summed E-state index contributed by atoms with van der Waals surface area (Å²) in [4.78, 5) is 0. The molecule has 13 heavy (non-hydrogen) atoms. The molecule has 0 aromatic carbocycles. The van der Waals surface area contributed by atoms with Crippen LogP contribution in [0.4, 0.5) is 0 Å². The van der Waals surface area contributed by atoms with Gasteiger partial charge in [0.15, 0.2) is 0 Å². The second kappa shape index (κ2) is 3.83. The van der Waals surface area contributed by atoms with Gasteiger partial charge >= 0.3 is 0 Å². The summed E-state index contributed by atoms with van der Waals surface area (Å²) in [5, 5.41) is 0. The normalized spacial score (nSPS) is 38.6. The minimum atomic E-state index is 0.825. The summed E-state index contributed by atoms with van der Waals surface area (Å²) in [6.07, 6.45) is 9.33. The molecule has 1 nitrogen and oxygen atoms in total. The first-order valence-electron chi connectivity index (χ1n) is 5.73. The minimum Gasteiger partial charge on any atom is -0.330 e. The van der Waals surface area contributed by atoms with E-state index < -0.39 is 0 Å². The maximum absolute atomic E-state index is 5.81. The van der Waals surface area contributed by atoms with E-state index in [0.29, 0.717) is 0 Å². The van der Waals surface area contributed by atoms with Crippen LogP contribution < -0.4 is 5.73 Å². The van der Waals surface area contributed by atoms with Crippen LogP contribution in [0.1, 0.15) is 39.0 Å². The smallest absolute Gasteiger partial charge is 0.00461 e. The highest BCUT2D eigenvalue weighted by atomic mass is 14.6. The fourth-order valence-corrected chi connectivity index (χ4v) is 3.08. The van der Waals surface area contributed by atoms with E-state index >= 15 is 0 Å². The third kappa shape index (κ3) is 1.80. The molecule has 2 rings (SSSR count). The molecule has 0 radical (unpaired) electrons. The highest BCUT2D eigenvalue weighted by Gasteiger charge is 2.32. The molecule has 74 valence electrons. The Balaban J connectivity index is 2.08. The zero-order valence-corrected chi connectivity index (χ0v) is 8.63. The molecule has 1 fully saturated rings. The molecule has 0 amide bonds. The van der Waals surface area contributed by atoms with Crippen molar-refractivity contribution in [3.8, 4) is 0 Å². The van der Waals surface area contributed by atoms with Gasteiger partial charge in [-0.1, -0.05) is 18.6 Å². The van der Waals surface area contributed by atoms with Crippen molar-refractivity contribution in [1.82, 2.24) is 0 Å². The van der Waals surface area contributed by atoms with Gasteiger partial charge in [-0.3, -0.25) is 0 Å². The van der Waals surface area contributed by atoms with Gasteiger partial charge < -0.3 is 5.73 Å². The monoisotopic (exact) mass is 179 g/mol. The number of allylic oxidation sites excluding steroid dienone is 2. The number of rotatable bonds is 2. The van der Waals surface area contributed by atoms with Gasteiger partial charge in [-0.15, -0.1) is 0 Å². The fraction of sp³-hybridized carbons (Fsp3) is 0.833. The van der Waals surface area contributed by atoms with Crippen LogP contribution in [0.5, 0.6) is 0 Å². The van der Waals surface area contributed by atoms with Gasteiger partial charge in [-0.05, 0) is 56.4 Å². The molecule has 2 aliphatic carbocycles. The second-order valence-electron chi connectivity index (χ2n) is 4.71. The van der Waals surface area contributed by atoms with E-state index in [1.807, 2.05) is 0 Å². The Morgan fingerprint density at radius 3 is 3.00 bits per heavy atom. The van der Waals surface area contributed by atoms with E-state index in [1.54, 1.807) is 5.57 Å². The van der Waals surface area contributed by atoms with E-state index in [1.165, 1.54) is 32.1 Å². The van der Waals surface area contributed by atoms with Gasteiger partial charge in [0.05, 0.1) is 0 Å². The molecule has 1 saturated carbocycles. The minimum absolute atomic E-state index is 0.825. The Hall–Kier alpha value is -0.300. The van der Waals surface area contributed by atoms with Crippen molar-refractivity contribution >= 4 is 0 Å². The number of fused-ring (bicyclic) bond motifs is 2. The summed E-state index contributed by atoms with van der Waals surface area (Å²) in [5.74, 6) is 2.65. The molecule has 0 saturated heterocycles. The maximum Gasteiger partial charge on any atom is -0.00461 e. The lowest BCUT2D eigenvalue weighted by molar-refractivity contribution is 0.192. The van der Waals surface area contributed by atoms with Gasteiger partial charge in [0.25, 0.3) is 0 Å². The van der Waals surface area contributed by atoms with Gasteiger partial charge in [-0.25, -0.2) is 0 Å². The van der Waals surface area contributed by atoms with Crippen LogP contribution in [0.2, 0.25) is 0 Å². The second-order valence-corrected chi connectivity index (χ2v) is 4.71. The Morgan fingerprint density at radius 2 is 2.31 bits per heavy atom. The predicted octanol–water partition coefficient (Wildman–Crippen LogP) is 2.72. The zero-order chi connectivity index (χ0) is 9.26. The zero-order valence-electron chi connectivity index (χ0n) is 8.63. The first-order chi connectivity index (χ1) is 6.33. The van der Waals surface area contributed by atoms with Crippen LogP contribution in [0.15, 0.2) is 11.6 Å². The summed E-state index contributed by atoms with van der Waals surface area (Å²) in [5.41, 5.74) is 7.50. The average molecular weight is 179 g/mol. The lowest BCUT2D eigenvalue weighted by Crippen LogP contribution is -2.32. The highest BCUT2D eigenvalue weighted by Crippen LogP contribution is 2.42. The standard InChI is InChI=1S/C12H21N/c1-2-9-5-10-3-4-11(8-13)12(6-9)7-10/h5,10-12H,2-4,6-8,13H2,1H3. The maximum atomic E-state index is 5.81. The predicted molar refractivity (Wildman–Crippen MR) is 56.4 cm³/mol. The van der Waals surface area contributed by atoms with Crippen LogP contribution in [-0.2, 0) is 0 Å². The fourth-order valence-electron chi connectivity index (χ4n) is 3.08. The third-order valence-electron chi connectivity index (χ3n) is 3.93. The lowest BCUT2D eigenvalue weighted by Gasteiger charge is -2.39. The molecular weight excluding hydrogens is 158 g/mol. The van der Waals surface area contributed by atoms with Crippen molar-refractivity contribution in [3.63, 3.8) is 0 Å². The molecule has 1 heteroatoms. The van der Waals surface area contributed by atoms with Gasteiger partial charge in [0, 0.05) is 0 Å². The van der Waals surface area contributed by atoms with Crippen LogP contribution in [0.3, 0.4) is 0 Å². The Kier molecular flexibility index (Phi) is 2.73. The quantitative estimate of drug-likeness (QED) is 0.648. The van der Waals surface area contributed by atoms with Crippen molar-refractivity contribution < 1.29 is 0 Å². The molecule has 2 aliphatic rings. The topological polar surface area (TPSA) is 26.0 Å². The summed E-state index contributed by atoms with van der Waals surface area (Å²) in [6.45, 7) is 3.19. The summed E-state index contributed by atoms with van der Waals surface area (Å²) >= 11 is 0. The van der Waals surface area contributed by atoms with Crippen molar-refractivity contribution in [1.29, 1.82) is 0 Å². The number of hydrogen-bond acceptors (Lipinski definition) is 1. The summed E-state index contributed by atoms with van der Waals surface area (Å²) in [6, 6.07) is 0. The number of hydrogen-bond donors (Lipinski definition) is 1. The van der Waals surface area contributed by atoms with Crippen LogP contribution >= 0.6 is 0 Å². The number of nitrogens with two attached hydrogens (primary N) is 1. The Labute approximate surface area is 81.4 Å². The lowest BCUT2D eigenvalue weighted by atomic mass is 9.67. The molecule has 0 aliphatic heterocycles. The van der Waals surface area contributed by atoms with Crippen LogP contribution in [0, 0.1) is 17.8 Å². The van der Waals surface area contributed by atoms with Crippen molar-refractivity contribution in [2.75, 3.05) is 6.54 Å². The van der Waals surface area contributed by atoms with Gasteiger partial charge in [0.2, 0.25) is 0 Å². The first-order valence-corrected chi connectivity index (χ1v) is 5.73. The molecule has 0 heterocycles. The molecular formula is C12H21N. The Morgan fingerprint density at radius 1 is 1.46 bits per heavy atom. The van der Waals surface area contributed by atoms with Crippen LogP contribution in [0.25, 0.3) is 0 Å². The van der Waals surface area contributed by atoms with Gasteiger partial charge in [-0.2, -0.15) is 0 Å². The molecule has 3 atom stereocenters. The third-order valence-corrected chi connectivity index (χ3v) is 3.93. The molecule has 2 N–H and O–H groups in total. The molecule has 0 spiro atoms.